The molecule has 0 bridgehead atoms. The predicted octanol–water partition coefficient (Wildman–Crippen LogP) is 2.91. The van der Waals surface area contributed by atoms with E-state index in [4.69, 9.17) is 11.6 Å². The summed E-state index contributed by atoms with van der Waals surface area (Å²) in [5.74, 6) is 1.46. The summed E-state index contributed by atoms with van der Waals surface area (Å²) in [4.78, 5) is 28.5. The van der Waals surface area contributed by atoms with Gasteiger partial charge in [-0.1, -0.05) is 23.7 Å². The first-order valence-electron chi connectivity index (χ1n) is 8.94. The molecule has 4 nitrogen and oxygen atoms in total. The van der Waals surface area contributed by atoms with Gasteiger partial charge >= 0.3 is 0 Å². The molecule has 2 heterocycles. The number of hydrogen-bond donors (Lipinski definition) is 0. The van der Waals surface area contributed by atoms with Crippen LogP contribution < -0.4 is 0 Å². The van der Waals surface area contributed by atoms with Crippen LogP contribution in [0.4, 0.5) is 0 Å². The van der Waals surface area contributed by atoms with E-state index in [1.807, 2.05) is 28.0 Å². The maximum absolute atomic E-state index is 12.7. The number of hydrogen-bond acceptors (Lipinski definition) is 2. The van der Waals surface area contributed by atoms with Crippen LogP contribution in [-0.2, 0) is 9.59 Å². The number of nitrogens with zero attached hydrogens (tertiary/aromatic N) is 2. The zero-order chi connectivity index (χ0) is 16.7. The van der Waals surface area contributed by atoms with E-state index in [1.54, 1.807) is 0 Å². The molecule has 2 saturated heterocycles. The van der Waals surface area contributed by atoms with Crippen LogP contribution in [-0.4, -0.2) is 47.8 Å². The first-order valence-corrected chi connectivity index (χ1v) is 9.31. The third-order valence-corrected chi connectivity index (χ3v) is 5.87. The van der Waals surface area contributed by atoms with Gasteiger partial charge in [-0.25, -0.2) is 0 Å². The molecule has 2 aliphatic heterocycles. The summed E-state index contributed by atoms with van der Waals surface area (Å²) in [6.45, 7) is 3.36. The molecule has 4 rings (SSSR count). The molecule has 5 heteroatoms. The zero-order valence-corrected chi connectivity index (χ0v) is 14.5. The molecule has 128 valence electrons. The van der Waals surface area contributed by atoms with E-state index in [-0.39, 0.29) is 17.7 Å². The van der Waals surface area contributed by atoms with Crippen molar-refractivity contribution in [3.05, 3.63) is 34.9 Å². The summed E-state index contributed by atoms with van der Waals surface area (Å²) in [6.07, 6.45) is 3.63. The smallest absolute Gasteiger partial charge is 0.226 e. The lowest BCUT2D eigenvalue weighted by Gasteiger charge is -2.21. The molecule has 1 saturated carbocycles. The van der Waals surface area contributed by atoms with Gasteiger partial charge in [0, 0.05) is 43.5 Å². The van der Waals surface area contributed by atoms with Gasteiger partial charge < -0.3 is 9.80 Å². The number of carbonyl (C=O) groups is 2. The summed E-state index contributed by atoms with van der Waals surface area (Å²) in [5, 5.41) is 0.738. The maximum atomic E-state index is 12.7. The molecule has 24 heavy (non-hydrogen) atoms. The van der Waals surface area contributed by atoms with Crippen LogP contribution in [0.25, 0.3) is 0 Å². The molecule has 3 fully saturated rings. The van der Waals surface area contributed by atoms with Gasteiger partial charge in [0.25, 0.3) is 0 Å². The minimum absolute atomic E-state index is 0.121. The van der Waals surface area contributed by atoms with Gasteiger partial charge in [0.15, 0.2) is 0 Å². The number of halogens is 1. The zero-order valence-electron chi connectivity index (χ0n) is 13.8. The Balaban J connectivity index is 1.31. The first kappa shape index (κ1) is 15.9. The Morgan fingerprint density at radius 1 is 1.29 bits per heavy atom. The van der Waals surface area contributed by atoms with Crippen LogP contribution in [0, 0.1) is 11.8 Å². The van der Waals surface area contributed by atoms with Crippen molar-refractivity contribution in [1.29, 1.82) is 0 Å². The van der Waals surface area contributed by atoms with E-state index < -0.39 is 0 Å². The van der Waals surface area contributed by atoms with Crippen molar-refractivity contribution in [3.8, 4) is 0 Å². The van der Waals surface area contributed by atoms with Crippen molar-refractivity contribution in [2.45, 2.75) is 31.6 Å². The SMILES string of the molecule is O=C1CCCN1CC1CCN(C(=O)[C@@H]2C[C@H]2c2cccc(Cl)c2)C1. The third kappa shape index (κ3) is 3.16. The van der Waals surface area contributed by atoms with Crippen LogP contribution >= 0.6 is 11.6 Å². The Hall–Kier alpha value is -1.55. The second kappa shape index (κ2) is 6.40. The molecule has 2 amide bonds. The predicted molar refractivity (Wildman–Crippen MR) is 92.8 cm³/mol. The van der Waals surface area contributed by atoms with Gasteiger partial charge in [-0.2, -0.15) is 0 Å². The molecular formula is C19H23ClN2O2. The van der Waals surface area contributed by atoms with Crippen molar-refractivity contribution in [3.63, 3.8) is 0 Å². The third-order valence-electron chi connectivity index (χ3n) is 5.63. The molecule has 3 atom stereocenters. The standard InChI is InChI=1S/C19H23ClN2O2/c20-15-4-1-3-14(9-15)16-10-17(16)19(24)22-8-6-13(12-22)11-21-7-2-5-18(21)23/h1,3-4,9,13,16-17H,2,5-8,10-12H2/t13?,16-,17+/m0/s1. The molecule has 0 aromatic heterocycles. The molecule has 0 spiro atoms. The fourth-order valence-corrected chi connectivity index (χ4v) is 4.40. The van der Waals surface area contributed by atoms with Crippen LogP contribution in [0.5, 0.6) is 0 Å². The van der Waals surface area contributed by atoms with Gasteiger partial charge in [-0.3, -0.25) is 9.59 Å². The molecule has 0 radical (unpaired) electrons. The summed E-state index contributed by atoms with van der Waals surface area (Å²) in [7, 11) is 0. The Morgan fingerprint density at radius 3 is 2.92 bits per heavy atom. The number of amides is 2. The van der Waals surface area contributed by atoms with Gasteiger partial charge in [-0.05, 0) is 48.8 Å². The lowest BCUT2D eigenvalue weighted by molar-refractivity contribution is -0.131. The summed E-state index contributed by atoms with van der Waals surface area (Å²) in [5.41, 5.74) is 1.18. The van der Waals surface area contributed by atoms with Crippen LogP contribution in [0.2, 0.25) is 5.02 Å². The number of likely N-dealkylation sites (tertiary alicyclic amines) is 2. The largest absolute Gasteiger partial charge is 0.342 e. The lowest BCUT2D eigenvalue weighted by Crippen LogP contribution is -2.34. The molecular weight excluding hydrogens is 324 g/mol. The molecule has 1 aromatic carbocycles. The highest BCUT2D eigenvalue weighted by molar-refractivity contribution is 6.30. The van der Waals surface area contributed by atoms with Gasteiger partial charge in [0.05, 0.1) is 0 Å². The second-order valence-electron chi connectivity index (χ2n) is 7.39. The van der Waals surface area contributed by atoms with Crippen molar-refractivity contribution >= 4 is 23.4 Å². The van der Waals surface area contributed by atoms with E-state index in [2.05, 4.69) is 6.07 Å². The Bertz CT molecular complexity index is 663. The topological polar surface area (TPSA) is 40.6 Å². The molecule has 3 aliphatic rings. The fourth-order valence-electron chi connectivity index (χ4n) is 4.20. The van der Waals surface area contributed by atoms with Gasteiger partial charge in [0.1, 0.15) is 0 Å². The summed E-state index contributed by atoms with van der Waals surface area (Å²) < 4.78 is 0. The van der Waals surface area contributed by atoms with E-state index in [9.17, 15) is 9.59 Å². The van der Waals surface area contributed by atoms with E-state index >= 15 is 0 Å². The summed E-state index contributed by atoms with van der Waals surface area (Å²) in [6, 6.07) is 7.87. The van der Waals surface area contributed by atoms with E-state index in [0.717, 1.165) is 50.5 Å². The van der Waals surface area contributed by atoms with Crippen LogP contribution in [0.15, 0.2) is 24.3 Å². The van der Waals surface area contributed by atoms with Gasteiger partial charge in [-0.15, -0.1) is 0 Å². The maximum Gasteiger partial charge on any atom is 0.226 e. The first-order chi connectivity index (χ1) is 11.6. The number of benzene rings is 1. The Morgan fingerprint density at radius 2 is 2.17 bits per heavy atom. The molecule has 0 N–H and O–H groups in total. The average Bonchev–Trinajstić information content (AvgIpc) is 3.07. The van der Waals surface area contributed by atoms with Crippen molar-refractivity contribution in [2.24, 2.45) is 11.8 Å². The minimum atomic E-state index is 0.121. The van der Waals surface area contributed by atoms with Gasteiger partial charge in [0.2, 0.25) is 11.8 Å². The minimum Gasteiger partial charge on any atom is -0.342 e. The van der Waals surface area contributed by atoms with E-state index in [0.29, 0.717) is 18.3 Å². The van der Waals surface area contributed by atoms with Crippen molar-refractivity contribution < 1.29 is 9.59 Å². The van der Waals surface area contributed by atoms with Crippen molar-refractivity contribution in [1.82, 2.24) is 9.80 Å². The molecule has 1 unspecified atom stereocenters. The van der Waals surface area contributed by atoms with Crippen LogP contribution in [0.1, 0.15) is 37.2 Å². The highest BCUT2D eigenvalue weighted by atomic mass is 35.5. The second-order valence-corrected chi connectivity index (χ2v) is 7.82. The highest BCUT2D eigenvalue weighted by Gasteiger charge is 2.47. The fraction of sp³-hybridized carbons (Fsp3) is 0.579. The van der Waals surface area contributed by atoms with E-state index in [1.165, 1.54) is 5.56 Å². The summed E-state index contributed by atoms with van der Waals surface area (Å²) >= 11 is 6.06. The average molecular weight is 347 g/mol. The Kier molecular flexibility index (Phi) is 4.25. The van der Waals surface area contributed by atoms with Crippen molar-refractivity contribution in [2.75, 3.05) is 26.2 Å². The Labute approximate surface area is 147 Å². The number of rotatable bonds is 4. The normalized spacial score (nSPS) is 29.4. The molecule has 1 aromatic rings. The van der Waals surface area contributed by atoms with Crippen LogP contribution in [0.3, 0.4) is 0 Å². The number of carbonyl (C=O) groups excluding carboxylic acids is 2. The molecule has 1 aliphatic carbocycles. The monoisotopic (exact) mass is 346 g/mol. The lowest BCUT2D eigenvalue weighted by atomic mass is 10.1. The quantitative estimate of drug-likeness (QED) is 0.841. The highest BCUT2D eigenvalue weighted by Crippen LogP contribution is 2.49.